The van der Waals surface area contributed by atoms with Crippen molar-refractivity contribution in [1.29, 1.82) is 0 Å². The van der Waals surface area contributed by atoms with E-state index in [1.54, 1.807) is 0 Å². The van der Waals surface area contributed by atoms with Crippen molar-refractivity contribution in [3.05, 3.63) is 48.6 Å². The summed E-state index contributed by atoms with van der Waals surface area (Å²) in [6, 6.07) is 0. The first kappa shape index (κ1) is 16.9. The van der Waals surface area contributed by atoms with Crippen LogP contribution in [0.5, 0.6) is 0 Å². The summed E-state index contributed by atoms with van der Waals surface area (Å²) >= 11 is 28.8. The zero-order chi connectivity index (χ0) is 16.1. The summed E-state index contributed by atoms with van der Waals surface area (Å²) in [5, 5.41) is -2.05. The topological polar surface area (TPSA) is 12.9 Å². The monoisotopic (exact) mass is 397 g/mol. The maximum atomic E-state index is 13.8. The van der Waals surface area contributed by atoms with Gasteiger partial charge in [0.05, 0.1) is 30.7 Å². The van der Waals surface area contributed by atoms with E-state index >= 15 is 0 Å². The normalized spacial score (nSPS) is 11.1. The first-order valence-electron chi connectivity index (χ1n) is 4.90. The Hall–Kier alpha value is -0.460. The minimum atomic E-state index is -1.88. The second-order valence-corrected chi connectivity index (χ2v) is 5.53. The van der Waals surface area contributed by atoms with Crippen molar-refractivity contribution in [2.75, 3.05) is 0 Å². The summed E-state index contributed by atoms with van der Waals surface area (Å²) < 4.78 is 53.9. The van der Waals surface area contributed by atoms with E-state index in [0.717, 1.165) is 0 Å². The molecule has 0 radical (unpaired) electrons. The van der Waals surface area contributed by atoms with Gasteiger partial charge in [-0.25, -0.2) is 8.78 Å². The van der Waals surface area contributed by atoms with Crippen molar-refractivity contribution >= 4 is 58.0 Å². The lowest BCUT2D eigenvalue weighted by molar-refractivity contribution is 0.410. The number of halogens is 9. The Kier molecular flexibility index (Phi) is 4.81. The first-order valence-corrected chi connectivity index (χ1v) is 6.79. The van der Waals surface area contributed by atoms with Crippen molar-refractivity contribution in [2.24, 2.45) is 0 Å². The van der Waals surface area contributed by atoms with Gasteiger partial charge in [-0.1, -0.05) is 58.0 Å². The highest BCUT2D eigenvalue weighted by Crippen LogP contribution is 2.49. The average molecular weight is 399 g/mol. The van der Waals surface area contributed by atoms with E-state index in [2.05, 4.69) is 4.98 Å². The number of aromatic nitrogens is 1. The van der Waals surface area contributed by atoms with Gasteiger partial charge in [-0.2, -0.15) is 13.8 Å². The van der Waals surface area contributed by atoms with Crippen LogP contribution in [0.1, 0.15) is 0 Å². The van der Waals surface area contributed by atoms with Crippen molar-refractivity contribution in [2.45, 2.75) is 0 Å². The molecule has 1 nitrogen and oxygen atoms in total. The van der Waals surface area contributed by atoms with Gasteiger partial charge >= 0.3 is 0 Å². The Bertz CT molecular complexity index is 710. The fourth-order valence-corrected chi connectivity index (χ4v) is 2.86. The summed E-state index contributed by atoms with van der Waals surface area (Å²) in [5.74, 6) is -7.35. The Labute approximate surface area is 140 Å². The van der Waals surface area contributed by atoms with Crippen LogP contribution < -0.4 is 0 Å². The minimum Gasteiger partial charge on any atom is -0.201 e. The van der Waals surface area contributed by atoms with Crippen LogP contribution in [0.15, 0.2) is 0 Å². The smallest absolute Gasteiger partial charge is 0.201 e. The molecule has 112 valence electrons. The van der Waals surface area contributed by atoms with Crippen LogP contribution in [0.4, 0.5) is 17.6 Å². The summed E-state index contributed by atoms with van der Waals surface area (Å²) in [4.78, 5) is 2.42. The number of rotatable bonds is 1. The lowest BCUT2D eigenvalue weighted by Crippen LogP contribution is -2.04. The summed E-state index contributed by atoms with van der Waals surface area (Å²) in [6.45, 7) is 0. The molecule has 0 bridgehead atoms. The molecule has 10 heteroatoms. The van der Waals surface area contributed by atoms with Crippen LogP contribution in [-0.2, 0) is 0 Å². The third-order valence-electron chi connectivity index (χ3n) is 2.46. The zero-order valence-electron chi connectivity index (χ0n) is 9.35. The fourth-order valence-electron chi connectivity index (χ4n) is 1.53. The lowest BCUT2D eigenvalue weighted by Gasteiger charge is -2.14. The van der Waals surface area contributed by atoms with Crippen LogP contribution >= 0.6 is 58.0 Å². The highest BCUT2D eigenvalue weighted by molar-refractivity contribution is 6.56. The van der Waals surface area contributed by atoms with E-state index < -0.39 is 44.7 Å². The van der Waals surface area contributed by atoms with Crippen LogP contribution in [0, 0.1) is 23.5 Å². The molecule has 0 N–H and O–H groups in total. The van der Waals surface area contributed by atoms with Crippen molar-refractivity contribution in [1.82, 2.24) is 4.98 Å². The van der Waals surface area contributed by atoms with Gasteiger partial charge in [0.1, 0.15) is 0 Å². The molecule has 1 heterocycles. The molecule has 0 unspecified atom stereocenters. The van der Waals surface area contributed by atoms with Crippen LogP contribution in [0.25, 0.3) is 11.1 Å². The highest BCUT2D eigenvalue weighted by atomic mass is 35.5. The van der Waals surface area contributed by atoms with Crippen molar-refractivity contribution < 1.29 is 17.6 Å². The molecular formula is C11Cl5F4N. The van der Waals surface area contributed by atoms with Crippen LogP contribution in [0.3, 0.4) is 0 Å². The molecule has 0 saturated heterocycles. The maximum Gasteiger partial charge on any atom is 0.252 e. The van der Waals surface area contributed by atoms with Gasteiger partial charge in [0.15, 0.2) is 11.6 Å². The molecule has 0 aliphatic rings. The Morgan fingerprint density at radius 2 is 0.857 bits per heavy atom. The predicted octanol–water partition coefficient (Wildman–Crippen LogP) is 6.57. The third-order valence-corrected chi connectivity index (χ3v) is 4.73. The molecule has 0 aliphatic carbocycles. The molecular weight excluding hydrogens is 399 g/mol. The standard InChI is InChI=1S/C11Cl5F4N/c12-3-1(4(13)6(15)7(16)5(3)14)2-8(17)10(19)21-11(20)9(2)18. The van der Waals surface area contributed by atoms with Gasteiger partial charge < -0.3 is 0 Å². The molecule has 1 aromatic heterocycles. The maximum absolute atomic E-state index is 13.8. The van der Waals surface area contributed by atoms with E-state index in [9.17, 15) is 17.6 Å². The van der Waals surface area contributed by atoms with Gasteiger partial charge in [-0.05, 0) is 0 Å². The Balaban J connectivity index is 3.00. The molecule has 0 amide bonds. The van der Waals surface area contributed by atoms with E-state index in [-0.39, 0.29) is 15.1 Å². The number of pyridine rings is 1. The SMILES string of the molecule is Fc1nc(F)c(F)c(-c2c(Cl)c(Cl)c(Cl)c(Cl)c2Cl)c1F. The number of nitrogens with zero attached hydrogens (tertiary/aromatic N) is 1. The molecule has 0 atom stereocenters. The van der Waals surface area contributed by atoms with Crippen molar-refractivity contribution in [3.63, 3.8) is 0 Å². The van der Waals surface area contributed by atoms with E-state index in [4.69, 9.17) is 58.0 Å². The third kappa shape index (κ3) is 2.66. The summed E-state index contributed by atoms with van der Waals surface area (Å²) in [6.07, 6.45) is 0. The fraction of sp³-hybridized carbons (Fsp3) is 0. The first-order chi connectivity index (χ1) is 9.68. The van der Waals surface area contributed by atoms with Gasteiger partial charge in [0.25, 0.3) is 11.9 Å². The molecule has 0 spiro atoms. The second kappa shape index (κ2) is 5.97. The number of hydrogen-bond acceptors (Lipinski definition) is 1. The molecule has 2 rings (SSSR count). The largest absolute Gasteiger partial charge is 0.252 e. The minimum absolute atomic E-state index is 0.270. The molecule has 21 heavy (non-hydrogen) atoms. The van der Waals surface area contributed by atoms with E-state index in [1.807, 2.05) is 0 Å². The van der Waals surface area contributed by atoms with Gasteiger partial charge in [0, 0.05) is 5.56 Å². The Morgan fingerprint density at radius 1 is 0.524 bits per heavy atom. The van der Waals surface area contributed by atoms with Crippen LogP contribution in [0.2, 0.25) is 25.1 Å². The summed E-state index contributed by atoms with van der Waals surface area (Å²) in [7, 11) is 0. The highest BCUT2D eigenvalue weighted by Gasteiger charge is 2.29. The number of benzene rings is 1. The van der Waals surface area contributed by atoms with E-state index in [1.165, 1.54) is 0 Å². The van der Waals surface area contributed by atoms with Crippen molar-refractivity contribution in [3.8, 4) is 11.1 Å². The average Bonchev–Trinajstić information content (AvgIpc) is 2.44. The predicted molar refractivity (Wildman–Crippen MR) is 74.6 cm³/mol. The molecule has 1 aromatic carbocycles. The van der Waals surface area contributed by atoms with Gasteiger partial charge in [-0.15, -0.1) is 0 Å². The lowest BCUT2D eigenvalue weighted by atomic mass is 10.1. The van der Waals surface area contributed by atoms with Crippen LogP contribution in [-0.4, -0.2) is 4.98 Å². The Morgan fingerprint density at radius 3 is 1.24 bits per heavy atom. The molecule has 0 fully saturated rings. The van der Waals surface area contributed by atoms with E-state index in [0.29, 0.717) is 0 Å². The van der Waals surface area contributed by atoms with Gasteiger partial charge in [-0.3, -0.25) is 0 Å². The second-order valence-electron chi connectivity index (χ2n) is 3.64. The number of hydrogen-bond donors (Lipinski definition) is 0. The van der Waals surface area contributed by atoms with Gasteiger partial charge in [0.2, 0.25) is 0 Å². The molecule has 0 saturated carbocycles. The quantitative estimate of drug-likeness (QED) is 0.229. The summed E-state index contributed by atoms with van der Waals surface area (Å²) in [5.41, 5.74) is -1.82. The molecule has 2 aromatic rings. The zero-order valence-corrected chi connectivity index (χ0v) is 13.1. The molecule has 0 aliphatic heterocycles.